The van der Waals surface area contributed by atoms with Crippen molar-refractivity contribution >= 4 is 5.82 Å². The van der Waals surface area contributed by atoms with Gasteiger partial charge < -0.3 is 14.8 Å². The number of aromatic nitrogens is 1. The summed E-state index contributed by atoms with van der Waals surface area (Å²) in [5.41, 5.74) is 0.589. The van der Waals surface area contributed by atoms with Crippen LogP contribution in [0, 0.1) is 17.2 Å². The Labute approximate surface area is 131 Å². The summed E-state index contributed by atoms with van der Waals surface area (Å²) >= 11 is 0. The molecular weight excluding hydrogens is 280 g/mol. The molecule has 1 N–H and O–H groups in total. The Kier molecular flexibility index (Phi) is 5.22. The van der Waals surface area contributed by atoms with Crippen LogP contribution in [0.4, 0.5) is 5.82 Å². The number of anilines is 1. The molecular formula is C16H22N4O2. The van der Waals surface area contributed by atoms with Gasteiger partial charge in [-0.25, -0.2) is 4.98 Å². The van der Waals surface area contributed by atoms with E-state index in [4.69, 9.17) is 14.7 Å². The van der Waals surface area contributed by atoms with E-state index in [0.29, 0.717) is 23.3 Å². The predicted molar refractivity (Wildman–Crippen MR) is 82.5 cm³/mol. The first kappa shape index (κ1) is 15.2. The van der Waals surface area contributed by atoms with Crippen molar-refractivity contribution in [3.05, 3.63) is 23.9 Å². The largest absolute Gasteiger partial charge is 0.381 e. The highest BCUT2D eigenvalue weighted by Crippen LogP contribution is 2.23. The summed E-state index contributed by atoms with van der Waals surface area (Å²) in [4.78, 5) is 6.76. The molecule has 0 aromatic carbocycles. The monoisotopic (exact) mass is 302 g/mol. The molecule has 0 amide bonds. The van der Waals surface area contributed by atoms with E-state index in [1.54, 1.807) is 18.3 Å². The van der Waals surface area contributed by atoms with Crippen molar-refractivity contribution in [2.24, 2.45) is 5.92 Å². The Morgan fingerprint density at radius 1 is 1.36 bits per heavy atom. The van der Waals surface area contributed by atoms with E-state index < -0.39 is 0 Å². The summed E-state index contributed by atoms with van der Waals surface area (Å²) in [6.45, 7) is 5.93. The number of nitrogens with zero attached hydrogens (tertiary/aromatic N) is 3. The molecule has 0 bridgehead atoms. The topological polar surface area (TPSA) is 70.4 Å². The van der Waals surface area contributed by atoms with Crippen molar-refractivity contribution in [3.63, 3.8) is 0 Å². The summed E-state index contributed by atoms with van der Waals surface area (Å²) in [6, 6.07) is 6.15. The van der Waals surface area contributed by atoms with Gasteiger partial charge in [-0.2, -0.15) is 5.26 Å². The van der Waals surface area contributed by atoms with E-state index in [1.165, 1.54) is 0 Å². The zero-order valence-electron chi connectivity index (χ0n) is 12.7. The van der Waals surface area contributed by atoms with Crippen molar-refractivity contribution in [1.82, 2.24) is 9.88 Å². The molecule has 3 rings (SSSR count). The lowest BCUT2D eigenvalue weighted by atomic mass is 9.97. The van der Waals surface area contributed by atoms with E-state index >= 15 is 0 Å². The molecule has 22 heavy (non-hydrogen) atoms. The fourth-order valence-electron chi connectivity index (χ4n) is 3.20. The standard InChI is InChI=1S/C16H22N4O2/c17-10-13-2-1-4-18-16(13)19-11-15(14-3-7-22-12-14)20-5-8-21-9-6-20/h1-2,4,14-15H,3,5-9,11-12H2,(H,18,19)/t14-,15-/m0/s1. The van der Waals surface area contributed by atoms with Gasteiger partial charge in [0.15, 0.2) is 0 Å². The quantitative estimate of drug-likeness (QED) is 0.878. The number of nitrogens with one attached hydrogen (secondary N) is 1. The van der Waals surface area contributed by atoms with Crippen LogP contribution < -0.4 is 5.32 Å². The minimum absolute atomic E-state index is 0.389. The molecule has 1 aromatic heterocycles. The Morgan fingerprint density at radius 2 is 2.23 bits per heavy atom. The summed E-state index contributed by atoms with van der Waals surface area (Å²) in [6.07, 6.45) is 2.81. The van der Waals surface area contributed by atoms with Crippen LogP contribution in [-0.2, 0) is 9.47 Å². The van der Waals surface area contributed by atoms with Gasteiger partial charge in [-0.3, -0.25) is 4.90 Å². The highest BCUT2D eigenvalue weighted by molar-refractivity contribution is 5.51. The number of ether oxygens (including phenoxy) is 2. The second-order valence-electron chi connectivity index (χ2n) is 5.73. The lowest BCUT2D eigenvalue weighted by Crippen LogP contribution is -2.50. The van der Waals surface area contributed by atoms with Crippen LogP contribution in [0.1, 0.15) is 12.0 Å². The molecule has 0 radical (unpaired) electrons. The Morgan fingerprint density at radius 3 is 2.95 bits per heavy atom. The lowest BCUT2D eigenvalue weighted by Gasteiger charge is -2.37. The molecule has 2 saturated heterocycles. The second-order valence-corrected chi connectivity index (χ2v) is 5.73. The minimum atomic E-state index is 0.389. The average molecular weight is 302 g/mol. The number of hydrogen-bond acceptors (Lipinski definition) is 6. The van der Waals surface area contributed by atoms with E-state index in [1.807, 2.05) is 0 Å². The maximum atomic E-state index is 9.17. The van der Waals surface area contributed by atoms with Gasteiger partial charge in [0.1, 0.15) is 11.9 Å². The van der Waals surface area contributed by atoms with Crippen molar-refractivity contribution in [2.75, 3.05) is 51.4 Å². The maximum Gasteiger partial charge on any atom is 0.143 e. The SMILES string of the molecule is N#Cc1cccnc1NC[C@@H]([C@H]1CCOC1)N1CCOCC1. The normalized spacial score (nSPS) is 23.9. The number of morpholine rings is 1. The zero-order chi connectivity index (χ0) is 15.2. The molecule has 2 aliphatic heterocycles. The first-order chi connectivity index (χ1) is 10.9. The Bertz CT molecular complexity index is 519. The molecule has 118 valence electrons. The molecule has 1 aromatic rings. The van der Waals surface area contributed by atoms with Gasteiger partial charge in [0.25, 0.3) is 0 Å². The maximum absolute atomic E-state index is 9.17. The molecule has 0 spiro atoms. The first-order valence-corrected chi connectivity index (χ1v) is 7.87. The third-order valence-corrected chi connectivity index (χ3v) is 4.43. The van der Waals surface area contributed by atoms with Crippen molar-refractivity contribution in [2.45, 2.75) is 12.5 Å². The minimum Gasteiger partial charge on any atom is -0.381 e. The third-order valence-electron chi connectivity index (χ3n) is 4.43. The van der Waals surface area contributed by atoms with E-state index in [2.05, 4.69) is 21.3 Å². The zero-order valence-corrected chi connectivity index (χ0v) is 12.7. The van der Waals surface area contributed by atoms with Gasteiger partial charge in [0, 0.05) is 44.4 Å². The fraction of sp³-hybridized carbons (Fsp3) is 0.625. The highest BCUT2D eigenvalue weighted by Gasteiger charge is 2.31. The Hall–Kier alpha value is -1.68. The first-order valence-electron chi connectivity index (χ1n) is 7.87. The van der Waals surface area contributed by atoms with Gasteiger partial charge in [0.05, 0.1) is 25.4 Å². The van der Waals surface area contributed by atoms with E-state index in [0.717, 1.165) is 52.5 Å². The number of nitriles is 1. The van der Waals surface area contributed by atoms with Gasteiger partial charge in [-0.15, -0.1) is 0 Å². The van der Waals surface area contributed by atoms with Gasteiger partial charge in [-0.05, 0) is 18.6 Å². The molecule has 6 nitrogen and oxygen atoms in total. The van der Waals surface area contributed by atoms with Gasteiger partial charge >= 0.3 is 0 Å². The summed E-state index contributed by atoms with van der Waals surface area (Å²) in [5, 5.41) is 12.5. The molecule has 0 saturated carbocycles. The van der Waals surface area contributed by atoms with Crippen molar-refractivity contribution in [3.8, 4) is 6.07 Å². The molecule has 6 heteroatoms. The molecule has 2 atom stereocenters. The van der Waals surface area contributed by atoms with Crippen LogP contribution in [-0.4, -0.2) is 62.0 Å². The number of pyridine rings is 1. The summed E-state index contributed by atoms with van der Waals surface area (Å²) in [5.74, 6) is 1.20. The van der Waals surface area contributed by atoms with Crippen LogP contribution in [0.3, 0.4) is 0 Å². The second kappa shape index (κ2) is 7.54. The highest BCUT2D eigenvalue weighted by atomic mass is 16.5. The van der Waals surface area contributed by atoms with Crippen LogP contribution in [0.15, 0.2) is 18.3 Å². The van der Waals surface area contributed by atoms with Crippen LogP contribution >= 0.6 is 0 Å². The molecule has 2 aliphatic rings. The summed E-state index contributed by atoms with van der Waals surface area (Å²) < 4.78 is 11.0. The molecule has 2 fully saturated rings. The average Bonchev–Trinajstić information content (AvgIpc) is 3.11. The van der Waals surface area contributed by atoms with Crippen LogP contribution in [0.2, 0.25) is 0 Å². The smallest absolute Gasteiger partial charge is 0.143 e. The van der Waals surface area contributed by atoms with Gasteiger partial charge in [0.2, 0.25) is 0 Å². The molecule has 0 unspecified atom stereocenters. The van der Waals surface area contributed by atoms with E-state index in [9.17, 15) is 0 Å². The van der Waals surface area contributed by atoms with E-state index in [-0.39, 0.29) is 0 Å². The number of rotatable bonds is 5. The number of hydrogen-bond donors (Lipinski definition) is 1. The van der Waals surface area contributed by atoms with Crippen LogP contribution in [0.25, 0.3) is 0 Å². The fourth-order valence-corrected chi connectivity index (χ4v) is 3.20. The van der Waals surface area contributed by atoms with Crippen molar-refractivity contribution < 1.29 is 9.47 Å². The molecule has 3 heterocycles. The predicted octanol–water partition coefficient (Wildman–Crippen LogP) is 1.10. The molecule has 0 aliphatic carbocycles. The van der Waals surface area contributed by atoms with Gasteiger partial charge in [-0.1, -0.05) is 0 Å². The Balaban J connectivity index is 1.68. The van der Waals surface area contributed by atoms with Crippen molar-refractivity contribution in [1.29, 1.82) is 5.26 Å². The summed E-state index contributed by atoms with van der Waals surface area (Å²) in [7, 11) is 0. The lowest BCUT2D eigenvalue weighted by molar-refractivity contribution is 0.00460. The van der Waals surface area contributed by atoms with Crippen LogP contribution in [0.5, 0.6) is 0 Å². The third kappa shape index (κ3) is 3.55.